The lowest BCUT2D eigenvalue weighted by Crippen LogP contribution is -2.42. The van der Waals surface area contributed by atoms with Crippen LogP contribution in [0.25, 0.3) is 0 Å². The second-order valence-corrected chi connectivity index (χ2v) is 5.68. The largest absolute Gasteiger partial charge is 0.480 e. The fourth-order valence-electron chi connectivity index (χ4n) is 3.08. The van der Waals surface area contributed by atoms with Crippen molar-refractivity contribution in [1.29, 1.82) is 0 Å². The van der Waals surface area contributed by atoms with Crippen LogP contribution in [0, 0.1) is 5.92 Å². The Morgan fingerprint density at radius 3 is 2.60 bits per heavy atom. The van der Waals surface area contributed by atoms with Gasteiger partial charge in [0.25, 0.3) is 0 Å². The molecule has 1 amide bonds. The molecule has 0 aromatic rings. The minimum absolute atomic E-state index is 0.160. The van der Waals surface area contributed by atoms with E-state index in [4.69, 9.17) is 4.74 Å². The zero-order valence-corrected chi connectivity index (χ0v) is 12.1. The highest BCUT2D eigenvalue weighted by atomic mass is 16.5. The molecule has 2 heterocycles. The highest BCUT2D eigenvalue weighted by molar-refractivity contribution is 5.76. The first-order chi connectivity index (χ1) is 9.59. The Morgan fingerprint density at radius 1 is 1.25 bits per heavy atom. The Kier molecular flexibility index (Phi) is 5.37. The van der Waals surface area contributed by atoms with Gasteiger partial charge in [-0.25, -0.2) is 0 Å². The van der Waals surface area contributed by atoms with Crippen LogP contribution >= 0.6 is 0 Å². The van der Waals surface area contributed by atoms with Crippen molar-refractivity contribution in [2.45, 2.75) is 32.2 Å². The fraction of sp³-hybridized carbons (Fsp3) is 0.857. The molecule has 0 aromatic heterocycles. The molecule has 0 saturated carbocycles. The predicted octanol–water partition coefficient (Wildman–Crippen LogP) is 0.420. The molecular weight excluding hydrogens is 260 g/mol. The molecule has 0 aliphatic carbocycles. The molecule has 20 heavy (non-hydrogen) atoms. The molecule has 2 aliphatic rings. The van der Waals surface area contributed by atoms with Crippen molar-refractivity contribution in [3.63, 3.8) is 0 Å². The van der Waals surface area contributed by atoms with Gasteiger partial charge in [-0.3, -0.25) is 14.5 Å². The van der Waals surface area contributed by atoms with E-state index in [0.717, 1.165) is 19.4 Å². The minimum Gasteiger partial charge on any atom is -0.480 e. The van der Waals surface area contributed by atoms with Gasteiger partial charge in [0, 0.05) is 19.5 Å². The highest BCUT2D eigenvalue weighted by Crippen LogP contribution is 2.24. The number of nitrogens with zero attached hydrogens (tertiary/aromatic N) is 2. The molecule has 2 aliphatic heterocycles. The zero-order valence-electron chi connectivity index (χ0n) is 12.1. The summed E-state index contributed by atoms with van der Waals surface area (Å²) in [5.41, 5.74) is 0. The summed E-state index contributed by atoms with van der Waals surface area (Å²) in [5.74, 6) is -0.385. The summed E-state index contributed by atoms with van der Waals surface area (Å²) in [4.78, 5) is 27.1. The van der Waals surface area contributed by atoms with E-state index >= 15 is 0 Å². The average molecular weight is 284 g/mol. The number of hydrogen-bond acceptors (Lipinski definition) is 4. The standard InChI is InChI=1S/C14H24N2O4/c1-11-4-6-16(13(11)14(18)19)5-2-3-12(17)15-7-9-20-10-8-15/h11,13H,2-10H2,1H3,(H,18,19). The Hall–Kier alpha value is -1.14. The molecule has 0 radical (unpaired) electrons. The molecule has 2 saturated heterocycles. The molecule has 2 fully saturated rings. The van der Waals surface area contributed by atoms with Gasteiger partial charge in [-0.15, -0.1) is 0 Å². The molecule has 6 heteroatoms. The monoisotopic (exact) mass is 284 g/mol. The molecule has 0 aromatic carbocycles. The van der Waals surface area contributed by atoms with Gasteiger partial charge in [-0.1, -0.05) is 6.92 Å². The number of carbonyl (C=O) groups excluding carboxylic acids is 1. The van der Waals surface area contributed by atoms with E-state index in [1.54, 1.807) is 0 Å². The van der Waals surface area contributed by atoms with E-state index in [0.29, 0.717) is 39.3 Å². The number of likely N-dealkylation sites (tertiary alicyclic amines) is 1. The Balaban J connectivity index is 1.72. The van der Waals surface area contributed by atoms with Gasteiger partial charge in [0.15, 0.2) is 0 Å². The summed E-state index contributed by atoms with van der Waals surface area (Å²) < 4.78 is 5.22. The van der Waals surface area contributed by atoms with Crippen LogP contribution in [-0.4, -0.2) is 72.2 Å². The lowest BCUT2D eigenvalue weighted by Gasteiger charge is -2.27. The summed E-state index contributed by atoms with van der Waals surface area (Å²) in [6, 6.07) is -0.381. The molecule has 0 bridgehead atoms. The number of amides is 1. The number of carboxylic acids is 1. The minimum atomic E-state index is -0.741. The third kappa shape index (κ3) is 3.70. The van der Waals surface area contributed by atoms with Gasteiger partial charge in [0.1, 0.15) is 6.04 Å². The van der Waals surface area contributed by atoms with Gasteiger partial charge >= 0.3 is 5.97 Å². The van der Waals surface area contributed by atoms with Gasteiger partial charge in [0.05, 0.1) is 13.2 Å². The maximum Gasteiger partial charge on any atom is 0.321 e. The van der Waals surface area contributed by atoms with Crippen LogP contribution in [0.4, 0.5) is 0 Å². The van der Waals surface area contributed by atoms with Crippen LogP contribution in [0.5, 0.6) is 0 Å². The number of aliphatic carboxylic acids is 1. The molecule has 2 rings (SSSR count). The summed E-state index contributed by atoms with van der Waals surface area (Å²) in [6.07, 6.45) is 2.15. The van der Waals surface area contributed by atoms with Crippen LogP contribution in [0.2, 0.25) is 0 Å². The average Bonchev–Trinajstić information content (AvgIpc) is 2.81. The van der Waals surface area contributed by atoms with Crippen molar-refractivity contribution in [2.24, 2.45) is 5.92 Å². The highest BCUT2D eigenvalue weighted by Gasteiger charge is 2.36. The van der Waals surface area contributed by atoms with Gasteiger partial charge in [-0.2, -0.15) is 0 Å². The van der Waals surface area contributed by atoms with Gasteiger partial charge in [-0.05, 0) is 31.8 Å². The van der Waals surface area contributed by atoms with Crippen LogP contribution in [0.3, 0.4) is 0 Å². The van der Waals surface area contributed by atoms with Crippen molar-refractivity contribution in [3.05, 3.63) is 0 Å². The van der Waals surface area contributed by atoms with E-state index in [1.807, 2.05) is 16.7 Å². The van der Waals surface area contributed by atoms with Crippen LogP contribution in [0.15, 0.2) is 0 Å². The Bertz CT molecular complexity index is 355. The van der Waals surface area contributed by atoms with Gasteiger partial charge in [0.2, 0.25) is 5.91 Å². The van der Waals surface area contributed by atoms with E-state index in [1.165, 1.54) is 0 Å². The van der Waals surface area contributed by atoms with Gasteiger partial charge < -0.3 is 14.7 Å². The predicted molar refractivity (Wildman–Crippen MR) is 73.4 cm³/mol. The summed E-state index contributed by atoms with van der Waals surface area (Å²) >= 11 is 0. The Morgan fingerprint density at radius 2 is 1.95 bits per heavy atom. The molecular formula is C14H24N2O4. The molecule has 114 valence electrons. The van der Waals surface area contributed by atoms with E-state index < -0.39 is 5.97 Å². The molecule has 6 nitrogen and oxygen atoms in total. The van der Waals surface area contributed by atoms with Crippen molar-refractivity contribution >= 4 is 11.9 Å². The summed E-state index contributed by atoms with van der Waals surface area (Å²) in [5, 5.41) is 9.24. The third-order valence-electron chi connectivity index (χ3n) is 4.26. The fourth-order valence-corrected chi connectivity index (χ4v) is 3.08. The molecule has 2 atom stereocenters. The number of ether oxygens (including phenoxy) is 1. The first kappa shape index (κ1) is 15.3. The van der Waals surface area contributed by atoms with Crippen molar-refractivity contribution in [2.75, 3.05) is 39.4 Å². The van der Waals surface area contributed by atoms with Crippen LogP contribution in [0.1, 0.15) is 26.2 Å². The molecule has 0 spiro atoms. The maximum absolute atomic E-state index is 12.0. The quantitative estimate of drug-likeness (QED) is 0.792. The third-order valence-corrected chi connectivity index (χ3v) is 4.26. The van der Waals surface area contributed by atoms with Crippen molar-refractivity contribution < 1.29 is 19.4 Å². The number of carboxylic acid groups (broad SMARTS) is 1. The summed E-state index contributed by atoms with van der Waals surface area (Å²) in [7, 11) is 0. The number of rotatable bonds is 5. The van der Waals surface area contributed by atoms with Crippen LogP contribution < -0.4 is 0 Å². The molecule has 2 unspecified atom stereocenters. The topological polar surface area (TPSA) is 70.1 Å². The van der Waals surface area contributed by atoms with Crippen LogP contribution in [-0.2, 0) is 14.3 Å². The SMILES string of the molecule is CC1CCN(CCCC(=O)N2CCOCC2)C1C(=O)O. The summed E-state index contributed by atoms with van der Waals surface area (Å²) in [6.45, 7) is 6.10. The van der Waals surface area contributed by atoms with Crippen molar-refractivity contribution in [1.82, 2.24) is 9.80 Å². The zero-order chi connectivity index (χ0) is 14.5. The lowest BCUT2D eigenvalue weighted by atomic mass is 10.0. The lowest BCUT2D eigenvalue weighted by molar-refractivity contribution is -0.143. The number of morpholine rings is 1. The second kappa shape index (κ2) is 7.04. The van der Waals surface area contributed by atoms with Crippen molar-refractivity contribution in [3.8, 4) is 0 Å². The van der Waals surface area contributed by atoms with E-state index in [9.17, 15) is 14.7 Å². The van der Waals surface area contributed by atoms with E-state index in [2.05, 4.69) is 0 Å². The molecule has 1 N–H and O–H groups in total. The smallest absolute Gasteiger partial charge is 0.321 e. The number of carbonyl (C=O) groups is 2. The second-order valence-electron chi connectivity index (χ2n) is 5.68. The normalized spacial score (nSPS) is 27.8. The first-order valence-electron chi connectivity index (χ1n) is 7.42. The Labute approximate surface area is 119 Å². The number of hydrogen-bond donors (Lipinski definition) is 1. The first-order valence-corrected chi connectivity index (χ1v) is 7.42. The maximum atomic E-state index is 12.0. The van der Waals surface area contributed by atoms with E-state index in [-0.39, 0.29) is 17.9 Å².